The average molecular weight is 167 g/mol. The van der Waals surface area contributed by atoms with Gasteiger partial charge in [-0.15, -0.1) is 0 Å². The molecule has 0 atom stereocenters. The van der Waals surface area contributed by atoms with Gasteiger partial charge in [-0.3, -0.25) is 9.59 Å². The molecule has 0 fully saturated rings. The topological polar surface area (TPSA) is 70.2 Å². The second-order valence-corrected chi connectivity index (χ2v) is 2.62. The molecule has 4 nitrogen and oxygen atoms in total. The van der Waals surface area contributed by atoms with Gasteiger partial charge in [0, 0.05) is 11.8 Å². The molecule has 1 heterocycles. The Labute approximate surface area is 68.9 Å². The van der Waals surface area contributed by atoms with Crippen molar-refractivity contribution in [3.05, 3.63) is 33.7 Å². The minimum atomic E-state index is -0.948. The molecule has 1 aromatic heterocycles. The van der Waals surface area contributed by atoms with E-state index in [1.807, 2.05) is 0 Å². The lowest BCUT2D eigenvalue weighted by atomic mass is 10.2. The van der Waals surface area contributed by atoms with Gasteiger partial charge in [-0.2, -0.15) is 0 Å². The van der Waals surface area contributed by atoms with Crippen molar-refractivity contribution in [1.29, 1.82) is 0 Å². The van der Waals surface area contributed by atoms with Crippen molar-refractivity contribution in [3.63, 3.8) is 0 Å². The van der Waals surface area contributed by atoms with Crippen molar-refractivity contribution in [1.82, 2.24) is 4.98 Å². The zero-order valence-corrected chi connectivity index (χ0v) is 6.63. The monoisotopic (exact) mass is 167 g/mol. The van der Waals surface area contributed by atoms with E-state index in [4.69, 9.17) is 5.11 Å². The Morgan fingerprint density at radius 3 is 2.75 bits per heavy atom. The molecule has 0 aliphatic heterocycles. The van der Waals surface area contributed by atoms with Gasteiger partial charge in [-0.25, -0.2) is 0 Å². The fourth-order valence-corrected chi connectivity index (χ4v) is 1.01. The first kappa shape index (κ1) is 8.52. The minimum Gasteiger partial charge on any atom is -0.481 e. The first-order chi connectivity index (χ1) is 5.58. The van der Waals surface area contributed by atoms with Crippen LogP contribution in [-0.4, -0.2) is 16.1 Å². The summed E-state index contributed by atoms with van der Waals surface area (Å²) in [7, 11) is 0. The lowest BCUT2D eigenvalue weighted by Crippen LogP contribution is -2.11. The van der Waals surface area contributed by atoms with E-state index in [9.17, 15) is 9.59 Å². The van der Waals surface area contributed by atoms with Crippen LogP contribution in [0.2, 0.25) is 0 Å². The van der Waals surface area contributed by atoms with Crippen molar-refractivity contribution in [2.75, 3.05) is 0 Å². The lowest BCUT2D eigenvalue weighted by Gasteiger charge is -1.97. The third kappa shape index (κ3) is 2.23. The summed E-state index contributed by atoms with van der Waals surface area (Å²) < 4.78 is 0. The van der Waals surface area contributed by atoms with Crippen molar-refractivity contribution in [2.24, 2.45) is 0 Å². The van der Waals surface area contributed by atoms with Crippen LogP contribution in [0.15, 0.2) is 16.9 Å². The number of aromatic nitrogens is 1. The highest BCUT2D eigenvalue weighted by molar-refractivity contribution is 5.69. The zero-order valence-electron chi connectivity index (χ0n) is 6.63. The van der Waals surface area contributed by atoms with Gasteiger partial charge >= 0.3 is 5.97 Å². The van der Waals surface area contributed by atoms with Gasteiger partial charge in [0.15, 0.2) is 0 Å². The summed E-state index contributed by atoms with van der Waals surface area (Å²) in [5, 5.41) is 8.43. The number of aryl methyl sites for hydroxylation is 1. The number of carboxylic acid groups (broad SMARTS) is 1. The van der Waals surface area contributed by atoms with Crippen LogP contribution in [0.25, 0.3) is 0 Å². The van der Waals surface area contributed by atoms with Gasteiger partial charge in [-0.1, -0.05) is 0 Å². The molecular weight excluding hydrogens is 158 g/mol. The number of aromatic amines is 1. The van der Waals surface area contributed by atoms with Gasteiger partial charge in [0.25, 0.3) is 0 Å². The molecule has 4 heteroatoms. The van der Waals surface area contributed by atoms with Crippen molar-refractivity contribution in [2.45, 2.75) is 13.3 Å². The van der Waals surface area contributed by atoms with Gasteiger partial charge in [0.1, 0.15) is 0 Å². The summed E-state index contributed by atoms with van der Waals surface area (Å²) in [5.41, 5.74) is 0.953. The molecule has 0 aliphatic rings. The van der Waals surface area contributed by atoms with Gasteiger partial charge in [0.2, 0.25) is 5.56 Å². The Balaban J connectivity index is 3.01. The third-order valence-corrected chi connectivity index (χ3v) is 1.39. The molecule has 0 aliphatic carbocycles. The number of H-pyrrole nitrogens is 1. The van der Waals surface area contributed by atoms with Gasteiger partial charge in [0.05, 0.1) is 6.42 Å². The molecule has 0 amide bonds. The van der Waals surface area contributed by atoms with E-state index in [-0.39, 0.29) is 12.0 Å². The maximum Gasteiger partial charge on any atom is 0.309 e. The number of carboxylic acids is 1. The van der Waals surface area contributed by atoms with Gasteiger partial charge < -0.3 is 10.1 Å². The largest absolute Gasteiger partial charge is 0.481 e. The van der Waals surface area contributed by atoms with E-state index in [1.165, 1.54) is 6.07 Å². The molecule has 0 unspecified atom stereocenters. The summed E-state index contributed by atoms with van der Waals surface area (Å²) in [4.78, 5) is 23.6. The standard InChI is InChI=1S/C8H9NO3/c1-5-2-6(4-8(11)12)9-7(10)3-5/h2-3H,4H2,1H3,(H,9,10)(H,11,12). The maximum atomic E-state index is 10.8. The van der Waals surface area contributed by atoms with E-state index in [2.05, 4.69) is 4.98 Å². The molecule has 0 radical (unpaired) electrons. The van der Waals surface area contributed by atoms with Gasteiger partial charge in [-0.05, 0) is 18.6 Å². The SMILES string of the molecule is Cc1cc(CC(=O)O)[nH]c(=O)c1. The van der Waals surface area contributed by atoms with Crippen LogP contribution in [0.3, 0.4) is 0 Å². The zero-order chi connectivity index (χ0) is 9.14. The predicted molar refractivity (Wildman–Crippen MR) is 43.1 cm³/mol. The van der Waals surface area contributed by atoms with Crippen LogP contribution in [0.4, 0.5) is 0 Å². The van der Waals surface area contributed by atoms with E-state index < -0.39 is 5.97 Å². The molecule has 1 rings (SSSR count). The van der Waals surface area contributed by atoms with Crippen LogP contribution in [-0.2, 0) is 11.2 Å². The third-order valence-electron chi connectivity index (χ3n) is 1.39. The molecule has 0 saturated heterocycles. The Hall–Kier alpha value is -1.58. The highest BCUT2D eigenvalue weighted by Gasteiger charge is 2.01. The molecule has 1 aromatic rings. The number of hydrogen-bond acceptors (Lipinski definition) is 2. The van der Waals surface area contributed by atoms with Crippen LogP contribution < -0.4 is 5.56 Å². The molecule has 0 spiro atoms. The maximum absolute atomic E-state index is 10.8. The second-order valence-electron chi connectivity index (χ2n) is 2.62. The molecule has 64 valence electrons. The number of rotatable bonds is 2. The summed E-state index contributed by atoms with van der Waals surface area (Å²) in [6, 6.07) is 3.07. The smallest absolute Gasteiger partial charge is 0.309 e. The number of carbonyl (C=O) groups is 1. The highest BCUT2D eigenvalue weighted by atomic mass is 16.4. The average Bonchev–Trinajstić information content (AvgIpc) is 1.81. The molecule has 0 aromatic carbocycles. The van der Waals surface area contributed by atoms with Crippen LogP contribution in [0, 0.1) is 6.92 Å². The first-order valence-electron chi connectivity index (χ1n) is 3.49. The summed E-state index contributed by atoms with van der Waals surface area (Å²) in [5.74, 6) is -0.948. The molecular formula is C8H9NO3. The number of aliphatic carboxylic acids is 1. The van der Waals surface area contributed by atoms with Crippen LogP contribution in [0.1, 0.15) is 11.3 Å². The quantitative estimate of drug-likeness (QED) is 0.666. The normalized spacial score (nSPS) is 9.75. The second kappa shape index (κ2) is 3.21. The molecule has 12 heavy (non-hydrogen) atoms. The fraction of sp³-hybridized carbons (Fsp3) is 0.250. The Bertz CT molecular complexity index is 354. The Morgan fingerprint density at radius 2 is 2.25 bits per heavy atom. The predicted octanol–water partition coefficient (Wildman–Crippen LogP) is 0.310. The number of pyridine rings is 1. The van der Waals surface area contributed by atoms with E-state index in [1.54, 1.807) is 13.0 Å². The van der Waals surface area contributed by atoms with Crippen LogP contribution >= 0.6 is 0 Å². The van der Waals surface area contributed by atoms with Crippen molar-refractivity contribution < 1.29 is 9.90 Å². The Kier molecular flexibility index (Phi) is 2.28. The van der Waals surface area contributed by atoms with Crippen molar-refractivity contribution >= 4 is 5.97 Å². The van der Waals surface area contributed by atoms with E-state index in [0.29, 0.717) is 5.69 Å². The molecule has 2 N–H and O–H groups in total. The minimum absolute atomic E-state index is 0.142. The van der Waals surface area contributed by atoms with Crippen molar-refractivity contribution in [3.8, 4) is 0 Å². The van der Waals surface area contributed by atoms with E-state index in [0.717, 1.165) is 5.56 Å². The fourth-order valence-electron chi connectivity index (χ4n) is 1.01. The lowest BCUT2D eigenvalue weighted by molar-refractivity contribution is -0.136. The first-order valence-corrected chi connectivity index (χ1v) is 3.49. The Morgan fingerprint density at radius 1 is 1.58 bits per heavy atom. The molecule has 0 bridgehead atoms. The van der Waals surface area contributed by atoms with E-state index >= 15 is 0 Å². The molecule has 0 saturated carbocycles. The number of nitrogens with one attached hydrogen (secondary N) is 1. The highest BCUT2D eigenvalue weighted by Crippen LogP contribution is 1.97. The summed E-state index contributed by atoms with van der Waals surface area (Å²) in [6.45, 7) is 1.75. The summed E-state index contributed by atoms with van der Waals surface area (Å²) in [6.07, 6.45) is -0.142. The number of hydrogen-bond donors (Lipinski definition) is 2. The van der Waals surface area contributed by atoms with Crippen LogP contribution in [0.5, 0.6) is 0 Å². The summed E-state index contributed by atoms with van der Waals surface area (Å²) >= 11 is 0.